The number of aromatic nitrogens is 2. The van der Waals surface area contributed by atoms with Gasteiger partial charge in [-0.05, 0) is 29.8 Å². The van der Waals surface area contributed by atoms with Gasteiger partial charge >= 0.3 is 12.4 Å². The number of hydrogen-bond acceptors (Lipinski definition) is 3. The van der Waals surface area contributed by atoms with Gasteiger partial charge in [0.25, 0.3) is 0 Å². The lowest BCUT2D eigenvalue weighted by Crippen LogP contribution is -2.06. The van der Waals surface area contributed by atoms with E-state index in [-0.39, 0.29) is 17.9 Å². The highest BCUT2D eigenvalue weighted by molar-refractivity contribution is 5.57. The molecule has 9 heteroatoms. The number of alkyl halides is 6. The number of benzene rings is 2. The second kappa shape index (κ2) is 7.49. The van der Waals surface area contributed by atoms with E-state index in [9.17, 15) is 26.3 Å². The van der Waals surface area contributed by atoms with E-state index in [1.807, 2.05) is 0 Å². The monoisotopic (exact) mass is 397 g/mol. The average molecular weight is 397 g/mol. The third-order valence-corrected chi connectivity index (χ3v) is 3.83. The Labute approximate surface area is 156 Å². The predicted molar refractivity (Wildman–Crippen MR) is 91.0 cm³/mol. The maximum atomic E-state index is 12.8. The largest absolute Gasteiger partial charge is 0.416 e. The molecule has 0 aliphatic rings. The van der Waals surface area contributed by atoms with Gasteiger partial charge in [0.05, 0.1) is 16.8 Å². The van der Waals surface area contributed by atoms with E-state index in [0.717, 1.165) is 24.3 Å². The third kappa shape index (κ3) is 4.99. The quantitative estimate of drug-likeness (QED) is 0.562. The van der Waals surface area contributed by atoms with E-state index in [1.165, 1.54) is 36.7 Å². The fraction of sp³-hybridized carbons (Fsp3) is 0.158. The molecule has 3 aromatic rings. The van der Waals surface area contributed by atoms with Crippen molar-refractivity contribution in [1.29, 1.82) is 0 Å². The van der Waals surface area contributed by atoms with Crippen LogP contribution >= 0.6 is 0 Å². The first-order valence-electron chi connectivity index (χ1n) is 8.02. The zero-order valence-electron chi connectivity index (χ0n) is 14.1. The second-order valence-electron chi connectivity index (χ2n) is 5.97. The number of anilines is 2. The molecule has 0 unspecified atom stereocenters. The molecule has 0 aliphatic carbocycles. The summed E-state index contributed by atoms with van der Waals surface area (Å²) in [5.74, 6) is 0.233. The Morgan fingerprint density at radius 2 is 1.39 bits per heavy atom. The lowest BCUT2D eigenvalue weighted by molar-refractivity contribution is -0.138. The minimum atomic E-state index is -4.47. The molecule has 1 heterocycles. The van der Waals surface area contributed by atoms with Gasteiger partial charge < -0.3 is 5.32 Å². The molecular formula is C19H13F6N3. The number of hydrogen-bond donors (Lipinski definition) is 1. The van der Waals surface area contributed by atoms with Gasteiger partial charge in [0.2, 0.25) is 0 Å². The summed E-state index contributed by atoms with van der Waals surface area (Å²) < 4.78 is 76.8. The maximum absolute atomic E-state index is 12.8. The zero-order valence-corrected chi connectivity index (χ0v) is 14.1. The van der Waals surface area contributed by atoms with Crippen LogP contribution in [0.3, 0.4) is 0 Å². The summed E-state index contributed by atoms with van der Waals surface area (Å²) in [4.78, 5) is 7.95. The summed E-state index contributed by atoms with van der Waals surface area (Å²) >= 11 is 0. The number of rotatable bonds is 4. The van der Waals surface area contributed by atoms with Crippen LogP contribution in [0.15, 0.2) is 60.9 Å². The van der Waals surface area contributed by atoms with Crippen LogP contribution in [0.2, 0.25) is 0 Å². The van der Waals surface area contributed by atoms with Crippen LogP contribution < -0.4 is 5.32 Å². The Hall–Kier alpha value is -3.10. The first-order valence-corrected chi connectivity index (χ1v) is 8.02. The lowest BCUT2D eigenvalue weighted by Gasteiger charge is -2.11. The van der Waals surface area contributed by atoms with Gasteiger partial charge in [-0.2, -0.15) is 26.3 Å². The smallest absolute Gasteiger partial charge is 0.340 e. The molecule has 0 aliphatic heterocycles. The van der Waals surface area contributed by atoms with E-state index >= 15 is 0 Å². The summed E-state index contributed by atoms with van der Waals surface area (Å²) in [5, 5.41) is 2.75. The van der Waals surface area contributed by atoms with Crippen molar-refractivity contribution in [3.8, 4) is 0 Å². The fourth-order valence-electron chi connectivity index (χ4n) is 2.55. The molecule has 0 radical (unpaired) electrons. The van der Waals surface area contributed by atoms with Gasteiger partial charge in [-0.15, -0.1) is 0 Å². The van der Waals surface area contributed by atoms with Crippen molar-refractivity contribution in [2.24, 2.45) is 0 Å². The maximum Gasteiger partial charge on any atom is 0.416 e. The topological polar surface area (TPSA) is 37.8 Å². The van der Waals surface area contributed by atoms with Gasteiger partial charge in [-0.25, -0.2) is 9.97 Å². The highest BCUT2D eigenvalue weighted by atomic mass is 19.4. The molecule has 1 N–H and O–H groups in total. The van der Waals surface area contributed by atoms with Crippen LogP contribution in [-0.4, -0.2) is 9.97 Å². The molecule has 3 nitrogen and oxygen atoms in total. The Bertz CT molecular complexity index is 891. The van der Waals surface area contributed by atoms with Gasteiger partial charge in [-0.1, -0.05) is 24.3 Å². The van der Waals surface area contributed by atoms with Crippen molar-refractivity contribution < 1.29 is 26.3 Å². The van der Waals surface area contributed by atoms with Crippen LogP contribution in [0.1, 0.15) is 22.4 Å². The fourth-order valence-corrected chi connectivity index (χ4v) is 2.55. The van der Waals surface area contributed by atoms with Crippen molar-refractivity contribution >= 4 is 11.5 Å². The molecule has 0 saturated carbocycles. The SMILES string of the molecule is FC(F)(F)c1cccc(Cc2cc(Nc3cccc(C(F)(F)F)c3)ncn2)c1. The summed E-state index contributed by atoms with van der Waals surface area (Å²) in [6, 6.07) is 10.9. The van der Waals surface area contributed by atoms with Crippen molar-refractivity contribution in [2.45, 2.75) is 18.8 Å². The molecule has 3 rings (SSSR count). The number of nitrogens with one attached hydrogen (secondary N) is 1. The summed E-state index contributed by atoms with van der Waals surface area (Å²) in [6.45, 7) is 0. The van der Waals surface area contributed by atoms with Crippen LogP contribution in [0.25, 0.3) is 0 Å². The van der Waals surface area contributed by atoms with E-state index < -0.39 is 23.5 Å². The van der Waals surface area contributed by atoms with Crippen molar-refractivity contribution in [3.05, 3.63) is 83.3 Å². The molecular weight excluding hydrogens is 384 g/mol. The van der Waals surface area contributed by atoms with Crippen LogP contribution in [0, 0.1) is 0 Å². The summed E-state index contributed by atoms with van der Waals surface area (Å²) in [5.41, 5.74) is -0.571. The Morgan fingerprint density at radius 3 is 2.07 bits per heavy atom. The summed E-state index contributed by atoms with van der Waals surface area (Å²) in [7, 11) is 0. The standard InChI is InChI=1S/C19H13F6N3/c20-18(21,22)13-4-1-3-12(7-13)8-16-10-17(27-11-26-16)28-15-6-2-5-14(9-15)19(23,24)25/h1-7,9-11H,8H2,(H,26,27,28). The third-order valence-electron chi connectivity index (χ3n) is 3.83. The van der Waals surface area contributed by atoms with Gasteiger partial charge in [0.15, 0.2) is 0 Å². The van der Waals surface area contributed by atoms with Crippen molar-refractivity contribution in [3.63, 3.8) is 0 Å². The van der Waals surface area contributed by atoms with Gasteiger partial charge in [0, 0.05) is 18.2 Å². The van der Waals surface area contributed by atoms with Crippen molar-refractivity contribution in [2.75, 3.05) is 5.32 Å². The Morgan fingerprint density at radius 1 is 0.750 bits per heavy atom. The zero-order chi connectivity index (χ0) is 20.4. The first kappa shape index (κ1) is 19.7. The molecule has 146 valence electrons. The van der Waals surface area contributed by atoms with Gasteiger partial charge in [0.1, 0.15) is 12.1 Å². The number of halogens is 6. The number of nitrogens with zero attached hydrogens (tertiary/aromatic N) is 2. The highest BCUT2D eigenvalue weighted by Crippen LogP contribution is 2.32. The minimum Gasteiger partial charge on any atom is -0.340 e. The van der Waals surface area contributed by atoms with Gasteiger partial charge in [-0.3, -0.25) is 0 Å². The average Bonchev–Trinajstić information content (AvgIpc) is 2.61. The molecule has 0 atom stereocenters. The molecule has 0 spiro atoms. The second-order valence-corrected chi connectivity index (χ2v) is 5.97. The molecule has 0 fully saturated rings. The molecule has 0 amide bonds. The van der Waals surface area contributed by atoms with E-state index in [2.05, 4.69) is 15.3 Å². The molecule has 0 saturated heterocycles. The molecule has 28 heavy (non-hydrogen) atoms. The molecule has 1 aromatic heterocycles. The highest BCUT2D eigenvalue weighted by Gasteiger charge is 2.31. The van der Waals surface area contributed by atoms with Crippen LogP contribution in [0.5, 0.6) is 0 Å². The minimum absolute atomic E-state index is 0.115. The predicted octanol–water partition coefficient (Wildman–Crippen LogP) is 5.85. The normalized spacial score (nSPS) is 12.1. The van der Waals surface area contributed by atoms with Crippen LogP contribution in [0.4, 0.5) is 37.8 Å². The Kier molecular flexibility index (Phi) is 5.26. The van der Waals surface area contributed by atoms with E-state index in [4.69, 9.17) is 0 Å². The van der Waals surface area contributed by atoms with Crippen molar-refractivity contribution in [1.82, 2.24) is 9.97 Å². The first-order chi connectivity index (χ1) is 13.1. The Balaban J connectivity index is 1.78. The van der Waals surface area contributed by atoms with Crippen LogP contribution in [-0.2, 0) is 18.8 Å². The lowest BCUT2D eigenvalue weighted by atomic mass is 10.1. The van der Waals surface area contributed by atoms with E-state index in [0.29, 0.717) is 11.3 Å². The molecule has 2 aromatic carbocycles. The van der Waals surface area contributed by atoms with E-state index in [1.54, 1.807) is 0 Å². The molecule has 0 bridgehead atoms. The summed E-state index contributed by atoms with van der Waals surface area (Å²) in [6.07, 6.45) is -7.61.